The second kappa shape index (κ2) is 5.41. The monoisotopic (exact) mass is 255 g/mol. The number of hydrogen-bond acceptors (Lipinski definition) is 2. The average Bonchev–Trinajstić information content (AvgIpc) is 2.25. The minimum absolute atomic E-state index is 0.154. The SMILES string of the molecule is COC(=O)N[C@H](c1ccccc1Cl)C(C)(C)C. The Kier molecular flexibility index (Phi) is 4.40. The number of ether oxygens (including phenoxy) is 1. The molecule has 0 saturated carbocycles. The summed E-state index contributed by atoms with van der Waals surface area (Å²) in [5.41, 5.74) is 0.742. The molecule has 1 rings (SSSR count). The van der Waals surface area contributed by atoms with Crippen molar-refractivity contribution in [3.63, 3.8) is 0 Å². The Bertz CT molecular complexity index is 399. The standard InChI is InChI=1S/C13H18ClNO2/c1-13(2,3)11(15-12(16)17-4)9-7-5-6-8-10(9)14/h5-8,11H,1-4H3,(H,15,16)/t11-/m1/s1. The van der Waals surface area contributed by atoms with Crippen LogP contribution in [-0.4, -0.2) is 13.2 Å². The van der Waals surface area contributed by atoms with Gasteiger partial charge in [0.15, 0.2) is 0 Å². The topological polar surface area (TPSA) is 38.3 Å². The van der Waals surface area contributed by atoms with E-state index in [1.165, 1.54) is 7.11 Å². The number of nitrogens with one attached hydrogen (secondary N) is 1. The molecule has 1 aromatic carbocycles. The normalized spacial score (nSPS) is 13.0. The van der Waals surface area contributed by atoms with Crippen LogP contribution >= 0.6 is 11.6 Å². The summed E-state index contributed by atoms with van der Waals surface area (Å²) in [7, 11) is 1.35. The Labute approximate surface area is 107 Å². The summed E-state index contributed by atoms with van der Waals surface area (Å²) in [5, 5.41) is 3.46. The van der Waals surface area contributed by atoms with Crippen molar-refractivity contribution in [3.8, 4) is 0 Å². The number of carbonyl (C=O) groups excluding carboxylic acids is 1. The van der Waals surface area contributed by atoms with Crippen LogP contribution in [0.1, 0.15) is 32.4 Å². The maximum absolute atomic E-state index is 11.4. The molecule has 3 nitrogen and oxygen atoms in total. The van der Waals surface area contributed by atoms with Gasteiger partial charge >= 0.3 is 6.09 Å². The highest BCUT2D eigenvalue weighted by molar-refractivity contribution is 6.31. The van der Waals surface area contributed by atoms with Crippen molar-refractivity contribution in [3.05, 3.63) is 34.9 Å². The third-order valence-electron chi connectivity index (χ3n) is 2.53. The number of carbonyl (C=O) groups is 1. The van der Waals surface area contributed by atoms with E-state index < -0.39 is 6.09 Å². The van der Waals surface area contributed by atoms with Crippen LogP contribution in [0.2, 0.25) is 5.02 Å². The van der Waals surface area contributed by atoms with Crippen molar-refractivity contribution in [2.45, 2.75) is 26.8 Å². The number of alkyl carbamates (subject to hydrolysis) is 1. The van der Waals surface area contributed by atoms with Crippen molar-refractivity contribution in [1.29, 1.82) is 0 Å². The van der Waals surface area contributed by atoms with Gasteiger partial charge in [-0.3, -0.25) is 0 Å². The number of benzene rings is 1. The summed E-state index contributed by atoms with van der Waals surface area (Å²) in [6, 6.07) is 7.30. The molecule has 0 aliphatic heterocycles. The minimum Gasteiger partial charge on any atom is -0.453 e. The summed E-state index contributed by atoms with van der Waals surface area (Å²) < 4.78 is 4.64. The molecule has 0 heterocycles. The first-order chi connectivity index (χ1) is 7.86. The quantitative estimate of drug-likeness (QED) is 0.873. The van der Waals surface area contributed by atoms with Crippen LogP contribution < -0.4 is 5.32 Å². The summed E-state index contributed by atoms with van der Waals surface area (Å²) in [6.07, 6.45) is -0.454. The molecule has 0 aromatic heterocycles. The van der Waals surface area contributed by atoms with Gasteiger partial charge in [0.05, 0.1) is 13.2 Å². The minimum atomic E-state index is -0.454. The number of methoxy groups -OCH3 is 1. The van der Waals surface area contributed by atoms with E-state index >= 15 is 0 Å². The van der Waals surface area contributed by atoms with Crippen LogP contribution in [0.5, 0.6) is 0 Å². The van der Waals surface area contributed by atoms with Crippen molar-refractivity contribution in [2.75, 3.05) is 7.11 Å². The molecule has 0 radical (unpaired) electrons. The third-order valence-corrected chi connectivity index (χ3v) is 2.87. The summed E-state index contributed by atoms with van der Waals surface area (Å²) in [5.74, 6) is 0. The first kappa shape index (κ1) is 13.8. The van der Waals surface area contributed by atoms with E-state index in [2.05, 4.69) is 10.1 Å². The fraction of sp³-hybridized carbons (Fsp3) is 0.462. The molecule has 4 heteroatoms. The lowest BCUT2D eigenvalue weighted by atomic mass is 9.82. The zero-order chi connectivity index (χ0) is 13.1. The first-order valence-electron chi connectivity index (χ1n) is 5.45. The maximum atomic E-state index is 11.4. The predicted octanol–water partition coefficient (Wildman–Crippen LogP) is 3.78. The van der Waals surface area contributed by atoms with E-state index in [0.29, 0.717) is 5.02 Å². The Balaban J connectivity index is 3.07. The number of rotatable bonds is 2. The largest absolute Gasteiger partial charge is 0.453 e. The van der Waals surface area contributed by atoms with Gasteiger partial charge in [0.1, 0.15) is 0 Å². The molecule has 17 heavy (non-hydrogen) atoms. The van der Waals surface area contributed by atoms with Crippen LogP contribution in [0.25, 0.3) is 0 Å². The lowest BCUT2D eigenvalue weighted by Gasteiger charge is -2.31. The molecule has 0 bridgehead atoms. The first-order valence-corrected chi connectivity index (χ1v) is 5.83. The Morgan fingerprint density at radius 3 is 2.41 bits per heavy atom. The van der Waals surface area contributed by atoms with Crippen molar-refractivity contribution >= 4 is 17.7 Å². The van der Waals surface area contributed by atoms with Crippen LogP contribution in [0, 0.1) is 5.41 Å². The van der Waals surface area contributed by atoms with Gasteiger partial charge < -0.3 is 10.1 Å². The van der Waals surface area contributed by atoms with E-state index in [4.69, 9.17) is 11.6 Å². The highest BCUT2D eigenvalue weighted by Crippen LogP contribution is 2.36. The summed E-state index contributed by atoms with van der Waals surface area (Å²) in [4.78, 5) is 11.4. The van der Waals surface area contributed by atoms with Crippen LogP contribution in [0.4, 0.5) is 4.79 Å². The lowest BCUT2D eigenvalue weighted by Crippen LogP contribution is -2.36. The van der Waals surface area contributed by atoms with Crippen LogP contribution in [0.3, 0.4) is 0 Å². The van der Waals surface area contributed by atoms with Gasteiger partial charge in [-0.15, -0.1) is 0 Å². The van der Waals surface area contributed by atoms with E-state index in [9.17, 15) is 4.79 Å². The van der Waals surface area contributed by atoms with E-state index in [1.54, 1.807) is 0 Å². The van der Waals surface area contributed by atoms with Gasteiger partial charge in [0.25, 0.3) is 0 Å². The van der Waals surface area contributed by atoms with Gasteiger partial charge in [0, 0.05) is 5.02 Å². The van der Waals surface area contributed by atoms with E-state index in [-0.39, 0.29) is 11.5 Å². The average molecular weight is 256 g/mol. The van der Waals surface area contributed by atoms with Gasteiger partial charge in [-0.1, -0.05) is 50.6 Å². The molecule has 0 spiro atoms. The maximum Gasteiger partial charge on any atom is 0.407 e. The summed E-state index contributed by atoms with van der Waals surface area (Å²) in [6.45, 7) is 6.12. The predicted molar refractivity (Wildman–Crippen MR) is 69.2 cm³/mol. The van der Waals surface area contributed by atoms with E-state index in [1.807, 2.05) is 45.0 Å². The van der Waals surface area contributed by atoms with Gasteiger partial charge in [0.2, 0.25) is 0 Å². The molecule has 94 valence electrons. The number of amides is 1. The summed E-state index contributed by atoms with van der Waals surface area (Å²) >= 11 is 6.16. The zero-order valence-electron chi connectivity index (χ0n) is 10.6. The smallest absolute Gasteiger partial charge is 0.407 e. The zero-order valence-corrected chi connectivity index (χ0v) is 11.3. The molecule has 1 amide bonds. The highest BCUT2D eigenvalue weighted by Gasteiger charge is 2.29. The van der Waals surface area contributed by atoms with Gasteiger partial charge in [-0.2, -0.15) is 0 Å². The molecular formula is C13H18ClNO2. The fourth-order valence-corrected chi connectivity index (χ4v) is 1.89. The van der Waals surface area contributed by atoms with Crippen LogP contribution in [-0.2, 0) is 4.74 Å². The molecule has 0 aliphatic carbocycles. The number of hydrogen-bond donors (Lipinski definition) is 1. The Hall–Kier alpha value is -1.22. The van der Waals surface area contributed by atoms with Gasteiger partial charge in [-0.05, 0) is 17.0 Å². The second-order valence-electron chi connectivity index (χ2n) is 4.96. The van der Waals surface area contributed by atoms with Crippen molar-refractivity contribution < 1.29 is 9.53 Å². The Morgan fingerprint density at radius 1 is 1.35 bits per heavy atom. The molecule has 0 aliphatic rings. The molecule has 1 aromatic rings. The number of halogens is 1. The van der Waals surface area contributed by atoms with Crippen LogP contribution in [0.15, 0.2) is 24.3 Å². The molecule has 0 saturated heterocycles. The van der Waals surface area contributed by atoms with Crippen molar-refractivity contribution in [2.24, 2.45) is 5.41 Å². The second-order valence-corrected chi connectivity index (χ2v) is 5.36. The molecular weight excluding hydrogens is 238 g/mol. The van der Waals surface area contributed by atoms with Crippen molar-refractivity contribution in [1.82, 2.24) is 5.32 Å². The van der Waals surface area contributed by atoms with Gasteiger partial charge in [-0.25, -0.2) is 4.79 Å². The highest BCUT2D eigenvalue weighted by atomic mass is 35.5. The molecule has 1 atom stereocenters. The third kappa shape index (κ3) is 3.63. The van der Waals surface area contributed by atoms with E-state index in [0.717, 1.165) is 5.56 Å². The molecule has 1 N–H and O–H groups in total. The molecule has 0 fully saturated rings. The lowest BCUT2D eigenvalue weighted by molar-refractivity contribution is 0.154. The molecule has 0 unspecified atom stereocenters. The Morgan fingerprint density at radius 2 is 1.94 bits per heavy atom. The fourth-order valence-electron chi connectivity index (χ4n) is 1.65.